The lowest BCUT2D eigenvalue weighted by molar-refractivity contribution is 1.05. The molecule has 1 radical (unpaired) electrons. The minimum absolute atomic E-state index is 0.874. The van der Waals surface area contributed by atoms with Gasteiger partial charge in [0.15, 0.2) is 0 Å². The molecule has 0 heterocycles. The molecule has 0 spiro atoms. The van der Waals surface area contributed by atoms with E-state index < -0.39 is 0 Å². The van der Waals surface area contributed by atoms with E-state index in [0.29, 0.717) is 0 Å². The smallest absolute Gasteiger partial charge is 0.0313 e. The van der Waals surface area contributed by atoms with Gasteiger partial charge in [0, 0.05) is 0 Å². The van der Waals surface area contributed by atoms with Gasteiger partial charge in [0.05, 0.1) is 0 Å². The molecule has 0 atom stereocenters. The van der Waals surface area contributed by atoms with Crippen LogP contribution in [0.15, 0.2) is 36.5 Å². The number of hydrogen-bond donors (Lipinski definition) is 0. The summed E-state index contributed by atoms with van der Waals surface area (Å²) >= 11 is 0. The summed E-state index contributed by atoms with van der Waals surface area (Å²) in [5.41, 5.74) is 0. The molecule has 0 aliphatic carbocycles. The molecule has 0 saturated heterocycles. The summed E-state index contributed by atoms with van der Waals surface area (Å²) in [4.78, 5) is 0. The van der Waals surface area contributed by atoms with Gasteiger partial charge in [-0.05, 0) is 33.1 Å². The summed E-state index contributed by atoms with van der Waals surface area (Å²) in [6, 6.07) is 0. The van der Waals surface area contributed by atoms with Crippen molar-refractivity contribution in [2.24, 2.45) is 0 Å². The van der Waals surface area contributed by atoms with Crippen molar-refractivity contribution in [3.63, 3.8) is 0 Å². The van der Waals surface area contributed by atoms with Gasteiger partial charge < -0.3 is 0 Å². The first-order chi connectivity index (χ1) is 5.41. The molecular weight excluding hydrogens is 132 g/mol. The highest BCUT2D eigenvalue weighted by Gasteiger charge is 1.72. The quantitative estimate of drug-likeness (QED) is 0.318. The van der Waals surface area contributed by atoms with Crippen molar-refractivity contribution < 1.29 is 0 Å². The Bertz CT molecular complexity index is 138. The monoisotopic (exact) mass is 149 g/mol. The van der Waals surface area contributed by atoms with Crippen LogP contribution in [-0.2, 0) is 0 Å². The van der Waals surface area contributed by atoms with Crippen LogP contribution < -0.4 is 0 Å². The summed E-state index contributed by atoms with van der Waals surface area (Å²) in [6.07, 6.45) is 15.8. The maximum Gasteiger partial charge on any atom is -0.0313 e. The molecule has 0 N–H and O–H groups in total. The maximum absolute atomic E-state index is 3.70. The Hall–Kier alpha value is -0.780. The third kappa shape index (κ3) is 9.22. The third-order valence-corrected chi connectivity index (χ3v) is 1.29. The zero-order valence-corrected chi connectivity index (χ0v) is 7.29. The van der Waals surface area contributed by atoms with Crippen molar-refractivity contribution in [1.82, 2.24) is 0 Å². The molecule has 0 aromatic heterocycles. The average Bonchev–Trinajstić information content (AvgIpc) is 2.03. The minimum Gasteiger partial charge on any atom is -0.0917 e. The van der Waals surface area contributed by atoms with Crippen molar-refractivity contribution in [2.75, 3.05) is 0 Å². The molecule has 0 bridgehead atoms. The molecule has 61 valence electrons. The predicted molar refractivity (Wildman–Crippen MR) is 52.3 cm³/mol. The van der Waals surface area contributed by atoms with Crippen LogP contribution in [0.5, 0.6) is 0 Å². The van der Waals surface area contributed by atoms with E-state index in [4.69, 9.17) is 0 Å². The summed E-state index contributed by atoms with van der Waals surface area (Å²) in [7, 11) is 0. The van der Waals surface area contributed by atoms with Crippen LogP contribution in [0.3, 0.4) is 0 Å². The van der Waals surface area contributed by atoms with Crippen LogP contribution in [0.25, 0.3) is 0 Å². The predicted octanol–water partition coefficient (Wildman–Crippen LogP) is 3.68. The van der Waals surface area contributed by atoms with Crippen molar-refractivity contribution in [1.29, 1.82) is 0 Å². The highest BCUT2D eigenvalue weighted by Crippen LogP contribution is 1.92. The minimum atomic E-state index is 0.874. The molecular formula is C11H17. The van der Waals surface area contributed by atoms with Crippen LogP contribution in [0.4, 0.5) is 0 Å². The second-order valence-corrected chi connectivity index (χ2v) is 2.29. The number of rotatable bonds is 5. The maximum atomic E-state index is 3.70. The highest BCUT2D eigenvalue weighted by molar-refractivity contribution is 5.02. The Morgan fingerprint density at radius 1 is 1.00 bits per heavy atom. The van der Waals surface area contributed by atoms with Crippen LogP contribution in [0.2, 0.25) is 0 Å². The summed E-state index contributed by atoms with van der Waals surface area (Å²) < 4.78 is 0. The Morgan fingerprint density at radius 3 is 2.27 bits per heavy atom. The fraction of sp³-hybridized carbons (Fsp3) is 0.364. The Kier molecular flexibility index (Phi) is 8.57. The molecule has 0 amide bonds. The van der Waals surface area contributed by atoms with Gasteiger partial charge in [-0.3, -0.25) is 0 Å². The molecule has 0 rings (SSSR count). The normalized spacial score (nSPS) is 12.5. The van der Waals surface area contributed by atoms with E-state index in [-0.39, 0.29) is 0 Å². The molecule has 0 heteroatoms. The lowest BCUT2D eigenvalue weighted by Crippen LogP contribution is -1.62. The van der Waals surface area contributed by atoms with Crippen molar-refractivity contribution >= 4 is 0 Å². The number of hydrogen-bond acceptors (Lipinski definition) is 0. The van der Waals surface area contributed by atoms with E-state index >= 15 is 0 Å². The van der Waals surface area contributed by atoms with Crippen LogP contribution in [-0.4, -0.2) is 0 Å². The van der Waals surface area contributed by atoms with E-state index in [2.05, 4.69) is 31.2 Å². The number of allylic oxidation sites excluding steroid dienone is 6. The second kappa shape index (κ2) is 9.22. The largest absolute Gasteiger partial charge is 0.0917 e. The van der Waals surface area contributed by atoms with Crippen LogP contribution in [0, 0.1) is 6.92 Å². The Labute approximate surface area is 70.3 Å². The summed E-state index contributed by atoms with van der Waals surface area (Å²) in [6.45, 7) is 5.75. The molecule has 11 heavy (non-hydrogen) atoms. The lowest BCUT2D eigenvalue weighted by Gasteiger charge is -1.83. The van der Waals surface area contributed by atoms with Gasteiger partial charge in [0.2, 0.25) is 0 Å². The van der Waals surface area contributed by atoms with E-state index in [1.807, 2.05) is 19.1 Å². The fourth-order valence-electron chi connectivity index (χ4n) is 0.709. The standard InChI is InChI=1S/C11H17/c1-3-5-7-9-11-10-8-6-4-2/h4-7,9,11H,1,3,8,10H2,2H3. The van der Waals surface area contributed by atoms with Crippen molar-refractivity contribution in [3.05, 3.63) is 43.4 Å². The van der Waals surface area contributed by atoms with Gasteiger partial charge in [-0.15, -0.1) is 0 Å². The van der Waals surface area contributed by atoms with E-state index in [0.717, 1.165) is 19.3 Å². The molecule has 0 aliphatic heterocycles. The zero-order valence-electron chi connectivity index (χ0n) is 7.29. The molecule has 0 fully saturated rings. The Balaban J connectivity index is 3.23. The van der Waals surface area contributed by atoms with Gasteiger partial charge in [-0.1, -0.05) is 36.5 Å². The van der Waals surface area contributed by atoms with Crippen molar-refractivity contribution in [2.45, 2.75) is 26.2 Å². The molecule has 0 aromatic carbocycles. The molecule has 0 aromatic rings. The van der Waals surface area contributed by atoms with Gasteiger partial charge >= 0.3 is 0 Å². The lowest BCUT2D eigenvalue weighted by atomic mass is 10.2. The number of unbranched alkanes of at least 4 members (excludes halogenated alkanes) is 1. The summed E-state index contributed by atoms with van der Waals surface area (Å²) in [5, 5.41) is 0. The van der Waals surface area contributed by atoms with Gasteiger partial charge in [-0.2, -0.15) is 0 Å². The molecule has 0 saturated carbocycles. The zero-order chi connectivity index (χ0) is 8.36. The highest BCUT2D eigenvalue weighted by atomic mass is 13.8. The topological polar surface area (TPSA) is 0 Å². The van der Waals surface area contributed by atoms with Crippen LogP contribution >= 0.6 is 0 Å². The second-order valence-electron chi connectivity index (χ2n) is 2.29. The molecule has 0 nitrogen and oxygen atoms in total. The SMILES string of the molecule is [CH2]CC=CC=CCCC=CC. The summed E-state index contributed by atoms with van der Waals surface area (Å²) in [5.74, 6) is 0. The van der Waals surface area contributed by atoms with Gasteiger partial charge in [0.1, 0.15) is 0 Å². The molecule has 0 unspecified atom stereocenters. The average molecular weight is 149 g/mol. The van der Waals surface area contributed by atoms with E-state index in [1.165, 1.54) is 0 Å². The van der Waals surface area contributed by atoms with E-state index in [1.54, 1.807) is 0 Å². The van der Waals surface area contributed by atoms with E-state index in [9.17, 15) is 0 Å². The first kappa shape index (κ1) is 10.2. The van der Waals surface area contributed by atoms with Gasteiger partial charge in [-0.25, -0.2) is 0 Å². The first-order valence-corrected chi connectivity index (χ1v) is 4.14. The van der Waals surface area contributed by atoms with Gasteiger partial charge in [0.25, 0.3) is 0 Å². The fourth-order valence-corrected chi connectivity index (χ4v) is 0.709. The van der Waals surface area contributed by atoms with Crippen molar-refractivity contribution in [3.8, 4) is 0 Å². The third-order valence-electron chi connectivity index (χ3n) is 1.29. The first-order valence-electron chi connectivity index (χ1n) is 4.14. The molecule has 0 aliphatic rings. The Morgan fingerprint density at radius 2 is 1.64 bits per heavy atom. The van der Waals surface area contributed by atoms with Crippen LogP contribution in [0.1, 0.15) is 26.2 Å².